The third-order valence-electron chi connectivity index (χ3n) is 5.45. The van der Waals surface area contributed by atoms with Gasteiger partial charge in [-0.2, -0.15) is 0 Å². The molecule has 0 spiro atoms. The smallest absolute Gasteiger partial charge is 0.331 e. The van der Waals surface area contributed by atoms with Crippen molar-refractivity contribution >= 4 is 34.3 Å². The van der Waals surface area contributed by atoms with E-state index >= 15 is 0 Å². The van der Waals surface area contributed by atoms with Crippen molar-refractivity contribution in [2.24, 2.45) is 14.1 Å². The van der Waals surface area contributed by atoms with Gasteiger partial charge in [0.2, 0.25) is 0 Å². The molecule has 5 rings (SSSR count). The molecule has 4 heterocycles. The van der Waals surface area contributed by atoms with Crippen LogP contribution in [0.1, 0.15) is 16.7 Å². The first-order valence-corrected chi connectivity index (χ1v) is 10.7. The lowest BCUT2D eigenvalue weighted by atomic mass is 10.1. The van der Waals surface area contributed by atoms with Gasteiger partial charge in [-0.1, -0.05) is 30.3 Å². The molecule has 0 amide bonds. The fourth-order valence-corrected chi connectivity index (χ4v) is 5.53. The van der Waals surface area contributed by atoms with Crippen LogP contribution in [0.5, 0.6) is 0 Å². The molecule has 0 fully saturated rings. The van der Waals surface area contributed by atoms with Crippen LogP contribution in [0.2, 0.25) is 5.22 Å². The minimum atomic E-state index is -0.345. The summed E-state index contributed by atoms with van der Waals surface area (Å²) in [5.41, 5.74) is 2.71. The molecule has 3 aromatic heterocycles. The number of aromatic nitrogens is 3. The molecular weight excluding hydrogens is 410 g/mol. The fraction of sp³-hybridized carbons (Fsp3) is 0.238. The number of fused-ring (bicyclic) bond motifs is 3. The molecule has 6 nitrogen and oxygen atoms in total. The molecule has 4 aromatic rings. The van der Waals surface area contributed by atoms with Gasteiger partial charge in [-0.3, -0.25) is 13.9 Å². The van der Waals surface area contributed by atoms with Crippen molar-refractivity contribution in [2.75, 3.05) is 5.75 Å². The normalized spacial score (nSPS) is 16.3. The molecule has 0 saturated carbocycles. The van der Waals surface area contributed by atoms with E-state index < -0.39 is 0 Å². The molecule has 1 atom stereocenters. The molecule has 148 valence electrons. The predicted octanol–water partition coefficient (Wildman–Crippen LogP) is 3.79. The molecule has 0 aliphatic carbocycles. The Hall–Kier alpha value is -2.64. The molecule has 8 heteroatoms. The van der Waals surface area contributed by atoms with E-state index in [9.17, 15) is 9.59 Å². The zero-order valence-electron chi connectivity index (χ0n) is 15.9. The monoisotopic (exact) mass is 427 g/mol. The minimum absolute atomic E-state index is 0.158. The van der Waals surface area contributed by atoms with Crippen LogP contribution in [0.3, 0.4) is 0 Å². The van der Waals surface area contributed by atoms with Gasteiger partial charge in [0.1, 0.15) is 11.0 Å². The van der Waals surface area contributed by atoms with Gasteiger partial charge < -0.3 is 8.98 Å². The van der Waals surface area contributed by atoms with Crippen LogP contribution in [-0.4, -0.2) is 19.5 Å². The second kappa shape index (κ2) is 6.71. The van der Waals surface area contributed by atoms with Crippen molar-refractivity contribution in [1.82, 2.24) is 13.7 Å². The molecule has 1 aliphatic heterocycles. The first-order chi connectivity index (χ1) is 14.0. The molecule has 1 aliphatic rings. The molecule has 0 N–H and O–H groups in total. The summed E-state index contributed by atoms with van der Waals surface area (Å²) in [5, 5.41) is 0.719. The number of nitrogens with zero attached hydrogens (tertiary/aromatic N) is 3. The van der Waals surface area contributed by atoms with Crippen molar-refractivity contribution in [3.8, 4) is 11.3 Å². The van der Waals surface area contributed by atoms with Gasteiger partial charge in [0.15, 0.2) is 5.22 Å². The lowest BCUT2D eigenvalue weighted by Gasteiger charge is -2.25. The zero-order chi connectivity index (χ0) is 20.3. The van der Waals surface area contributed by atoms with Crippen LogP contribution < -0.4 is 11.2 Å². The summed E-state index contributed by atoms with van der Waals surface area (Å²) in [5.74, 6) is 1.57. The Morgan fingerprint density at radius 3 is 2.52 bits per heavy atom. The van der Waals surface area contributed by atoms with Gasteiger partial charge >= 0.3 is 5.69 Å². The molecule has 0 unspecified atom stereocenters. The Balaban J connectivity index is 1.97. The first-order valence-electron chi connectivity index (χ1n) is 9.23. The number of halogens is 1. The van der Waals surface area contributed by atoms with E-state index in [1.807, 2.05) is 36.4 Å². The first kappa shape index (κ1) is 18.4. The van der Waals surface area contributed by atoms with E-state index in [2.05, 4.69) is 4.57 Å². The topological polar surface area (TPSA) is 62.1 Å². The van der Waals surface area contributed by atoms with E-state index in [0.29, 0.717) is 21.9 Å². The van der Waals surface area contributed by atoms with Crippen molar-refractivity contribution < 1.29 is 4.42 Å². The molecule has 0 radical (unpaired) electrons. The van der Waals surface area contributed by atoms with Gasteiger partial charge in [0.25, 0.3) is 5.56 Å². The summed E-state index contributed by atoms with van der Waals surface area (Å²) in [6.45, 7) is 0.737. The number of rotatable bonds is 2. The van der Waals surface area contributed by atoms with E-state index in [-0.39, 0.29) is 16.5 Å². The molecule has 0 saturated heterocycles. The van der Waals surface area contributed by atoms with Crippen molar-refractivity contribution in [1.29, 1.82) is 0 Å². The van der Waals surface area contributed by atoms with Crippen LogP contribution in [0, 0.1) is 0 Å². The number of thioether (sulfide) groups is 1. The summed E-state index contributed by atoms with van der Waals surface area (Å²) >= 11 is 7.76. The quantitative estimate of drug-likeness (QED) is 0.488. The van der Waals surface area contributed by atoms with Crippen molar-refractivity contribution in [2.45, 2.75) is 11.8 Å². The zero-order valence-corrected chi connectivity index (χ0v) is 17.5. The Morgan fingerprint density at radius 2 is 1.83 bits per heavy atom. The van der Waals surface area contributed by atoms with Gasteiger partial charge in [0.05, 0.1) is 22.3 Å². The maximum absolute atomic E-state index is 13.2. The highest BCUT2D eigenvalue weighted by molar-refractivity contribution is 7.99. The lowest BCUT2D eigenvalue weighted by Crippen LogP contribution is -2.37. The number of hydrogen-bond donors (Lipinski definition) is 0. The molecular formula is C21H18ClN3O3S. The summed E-state index contributed by atoms with van der Waals surface area (Å²) in [7, 11) is 3.24. The maximum atomic E-state index is 13.2. The number of furan rings is 1. The highest BCUT2D eigenvalue weighted by atomic mass is 35.5. The Labute approximate surface area is 175 Å². The Bertz CT molecular complexity index is 1360. The minimum Gasteiger partial charge on any atom is -0.448 e. The number of benzene rings is 1. The third kappa shape index (κ3) is 2.64. The SMILES string of the molecule is Cn1c(=O)c2c(-c3ccccc3)n3c(c2n(C)c1=O)[C@H](c1ccc(Cl)o1)SCC3. The highest BCUT2D eigenvalue weighted by Crippen LogP contribution is 2.46. The fourth-order valence-electron chi connectivity index (χ4n) is 4.16. The van der Waals surface area contributed by atoms with E-state index in [1.54, 1.807) is 29.4 Å². The van der Waals surface area contributed by atoms with Gasteiger partial charge in [0, 0.05) is 26.4 Å². The van der Waals surface area contributed by atoms with Crippen molar-refractivity contribution in [3.63, 3.8) is 0 Å². The van der Waals surface area contributed by atoms with Gasteiger partial charge in [-0.15, -0.1) is 11.8 Å². The summed E-state index contributed by atoms with van der Waals surface area (Å²) in [4.78, 5) is 26.0. The summed E-state index contributed by atoms with van der Waals surface area (Å²) in [6.07, 6.45) is 0. The van der Waals surface area contributed by atoms with Gasteiger partial charge in [-0.25, -0.2) is 4.79 Å². The highest BCUT2D eigenvalue weighted by Gasteiger charge is 2.34. The van der Waals surface area contributed by atoms with Crippen molar-refractivity contribution in [3.05, 3.63) is 80.0 Å². The van der Waals surface area contributed by atoms with Gasteiger partial charge in [-0.05, 0) is 29.3 Å². The molecule has 0 bridgehead atoms. The third-order valence-corrected chi connectivity index (χ3v) is 6.86. The number of hydrogen-bond acceptors (Lipinski definition) is 4. The lowest BCUT2D eigenvalue weighted by molar-refractivity contribution is 0.511. The van der Waals surface area contributed by atoms with E-state index in [1.165, 1.54) is 11.6 Å². The molecule has 29 heavy (non-hydrogen) atoms. The Morgan fingerprint density at radius 1 is 1.07 bits per heavy atom. The second-order valence-corrected chi connectivity index (χ2v) is 8.66. The largest absolute Gasteiger partial charge is 0.448 e. The molecule has 1 aromatic carbocycles. The van der Waals surface area contributed by atoms with Crippen LogP contribution >= 0.6 is 23.4 Å². The number of aryl methyl sites for hydroxylation is 1. The van der Waals surface area contributed by atoms with Crippen LogP contribution in [0.25, 0.3) is 22.2 Å². The average molecular weight is 428 g/mol. The second-order valence-electron chi connectivity index (χ2n) is 7.07. The van der Waals surface area contributed by atoms with Crippen LogP contribution in [0.4, 0.5) is 0 Å². The standard InChI is InChI=1S/C21H18ClN3O3S/c1-23-17-15(20(26)24(2)21(23)27)16(12-6-4-3-5-7-12)25-10-11-29-19(18(17)25)13-8-9-14(22)28-13/h3-9,19H,10-11H2,1-2H3/t19-/m0/s1. The van der Waals surface area contributed by atoms with Crippen LogP contribution in [0.15, 0.2) is 56.5 Å². The Kier molecular flexibility index (Phi) is 4.26. The average Bonchev–Trinajstić information content (AvgIpc) is 3.32. The van der Waals surface area contributed by atoms with E-state index in [4.69, 9.17) is 16.0 Å². The summed E-state index contributed by atoms with van der Waals surface area (Å²) < 4.78 is 10.6. The predicted molar refractivity (Wildman–Crippen MR) is 116 cm³/mol. The van der Waals surface area contributed by atoms with Crippen LogP contribution in [-0.2, 0) is 20.6 Å². The maximum Gasteiger partial charge on any atom is 0.331 e. The van der Waals surface area contributed by atoms with E-state index in [0.717, 1.165) is 29.2 Å². The summed E-state index contributed by atoms with van der Waals surface area (Å²) in [6, 6.07) is 13.4.